The zero-order chi connectivity index (χ0) is 22.9. The molecule has 0 aliphatic carbocycles. The molecule has 4 rings (SSSR count). The van der Waals surface area contributed by atoms with Gasteiger partial charge in [0.15, 0.2) is 0 Å². The van der Waals surface area contributed by atoms with Gasteiger partial charge >= 0.3 is 0 Å². The average Bonchev–Trinajstić information content (AvgIpc) is 2.82. The summed E-state index contributed by atoms with van der Waals surface area (Å²) in [4.78, 5) is 19.2. The van der Waals surface area contributed by atoms with Crippen molar-refractivity contribution in [1.29, 1.82) is 0 Å². The number of halogens is 1. The van der Waals surface area contributed by atoms with Crippen LogP contribution < -0.4 is 15.4 Å². The molecule has 0 saturated carbocycles. The number of aromatic nitrogens is 1. The van der Waals surface area contributed by atoms with E-state index in [-0.39, 0.29) is 18.3 Å². The molecule has 0 spiro atoms. The van der Waals surface area contributed by atoms with Crippen LogP contribution in [0.5, 0.6) is 5.75 Å². The van der Waals surface area contributed by atoms with E-state index in [1.165, 1.54) is 24.1 Å². The molecule has 2 aliphatic heterocycles. The van der Waals surface area contributed by atoms with Gasteiger partial charge in [0.2, 0.25) is 5.91 Å². The molecule has 6 nitrogen and oxygen atoms in total. The van der Waals surface area contributed by atoms with Gasteiger partial charge in [-0.3, -0.25) is 14.7 Å². The highest BCUT2D eigenvalue weighted by Gasteiger charge is 2.36. The number of fused-ring (bicyclic) bond motifs is 2. The molecule has 3 heterocycles. The Hall–Kier alpha value is -2.15. The van der Waals surface area contributed by atoms with E-state index in [9.17, 15) is 4.79 Å². The molecular weight excluding hydrogens is 448 g/mol. The Morgan fingerprint density at radius 2 is 2.06 bits per heavy atom. The molecule has 0 radical (unpaired) electrons. The van der Waals surface area contributed by atoms with Crippen LogP contribution in [-0.2, 0) is 17.8 Å². The third-order valence-corrected chi connectivity index (χ3v) is 6.90. The number of hydrogen-bond acceptors (Lipinski definition) is 5. The predicted octanol–water partition coefficient (Wildman–Crippen LogP) is 3.84. The molecular formula is C27H39ClN4O2. The minimum atomic E-state index is 0. The number of benzene rings is 1. The molecule has 186 valence electrons. The number of likely N-dealkylation sites (tertiary alicyclic amines) is 1. The lowest BCUT2D eigenvalue weighted by atomic mass is 9.79. The fraction of sp³-hybridized carbons (Fsp3) is 0.556. The van der Waals surface area contributed by atoms with E-state index in [1.807, 2.05) is 37.5 Å². The van der Waals surface area contributed by atoms with E-state index in [0.29, 0.717) is 31.5 Å². The quantitative estimate of drug-likeness (QED) is 0.505. The van der Waals surface area contributed by atoms with Crippen LogP contribution >= 0.6 is 12.4 Å². The van der Waals surface area contributed by atoms with Gasteiger partial charge in [-0.25, -0.2) is 0 Å². The SMILES string of the molecule is CCOc1ccc(CCNC(=O)CCC[C@H]2NC[C@@H]3C[C@@H]2CN(Cc2cccnc2)C3)cc1.Cl. The van der Waals surface area contributed by atoms with Gasteiger partial charge in [0.25, 0.3) is 0 Å². The maximum Gasteiger partial charge on any atom is 0.220 e. The Kier molecular flexibility index (Phi) is 10.6. The third kappa shape index (κ3) is 7.97. The lowest BCUT2D eigenvalue weighted by Gasteiger charge is -2.46. The Morgan fingerprint density at radius 1 is 1.21 bits per heavy atom. The molecule has 2 bridgehead atoms. The third-order valence-electron chi connectivity index (χ3n) is 6.90. The first-order valence-corrected chi connectivity index (χ1v) is 12.5. The molecule has 7 heteroatoms. The Bertz CT molecular complexity index is 865. The number of pyridine rings is 1. The highest BCUT2D eigenvalue weighted by molar-refractivity contribution is 5.85. The van der Waals surface area contributed by atoms with Crippen molar-refractivity contribution in [3.05, 3.63) is 59.9 Å². The fourth-order valence-corrected chi connectivity index (χ4v) is 5.33. The summed E-state index contributed by atoms with van der Waals surface area (Å²) in [7, 11) is 0. The zero-order valence-electron chi connectivity index (χ0n) is 20.2. The van der Waals surface area contributed by atoms with Crippen molar-refractivity contribution in [3.8, 4) is 5.75 Å². The number of piperidine rings is 2. The van der Waals surface area contributed by atoms with Crippen LogP contribution in [0.25, 0.3) is 0 Å². The van der Waals surface area contributed by atoms with E-state index in [4.69, 9.17) is 4.74 Å². The van der Waals surface area contributed by atoms with Crippen molar-refractivity contribution in [2.75, 3.05) is 32.8 Å². The highest BCUT2D eigenvalue weighted by Crippen LogP contribution is 2.31. The number of carbonyl (C=O) groups is 1. The molecule has 1 amide bonds. The molecule has 1 aromatic heterocycles. The van der Waals surface area contributed by atoms with E-state index in [0.717, 1.165) is 50.6 Å². The molecule has 2 N–H and O–H groups in total. The van der Waals surface area contributed by atoms with Gasteiger partial charge in [0, 0.05) is 51.0 Å². The van der Waals surface area contributed by atoms with Crippen molar-refractivity contribution < 1.29 is 9.53 Å². The standard InChI is InChI=1S/C27H38N4O2.ClH/c1-2-33-25-10-8-21(9-11-25)12-14-29-27(32)7-3-6-26-24-15-23(17-30-26)19-31(20-24)18-22-5-4-13-28-16-22;/h4-5,8-11,13,16,23-24,26,30H,2-3,6-7,12,14-15,17-20H2,1H3,(H,29,32);1H/t23-,24+,26+;/m0./s1. The van der Waals surface area contributed by atoms with Crippen LogP contribution in [0, 0.1) is 11.8 Å². The minimum Gasteiger partial charge on any atom is -0.494 e. The largest absolute Gasteiger partial charge is 0.494 e. The van der Waals surface area contributed by atoms with Crippen LogP contribution in [0.4, 0.5) is 0 Å². The maximum absolute atomic E-state index is 12.3. The predicted molar refractivity (Wildman–Crippen MR) is 138 cm³/mol. The summed E-state index contributed by atoms with van der Waals surface area (Å²) in [5, 5.41) is 6.86. The summed E-state index contributed by atoms with van der Waals surface area (Å²) in [6, 6.07) is 12.8. The first-order chi connectivity index (χ1) is 16.2. The average molecular weight is 487 g/mol. The number of amides is 1. The second-order valence-corrected chi connectivity index (χ2v) is 9.50. The zero-order valence-corrected chi connectivity index (χ0v) is 21.1. The van der Waals surface area contributed by atoms with Gasteiger partial charge in [-0.15, -0.1) is 12.4 Å². The topological polar surface area (TPSA) is 66.5 Å². The van der Waals surface area contributed by atoms with Gasteiger partial charge in [0.05, 0.1) is 6.61 Å². The van der Waals surface area contributed by atoms with Crippen molar-refractivity contribution in [1.82, 2.24) is 20.5 Å². The summed E-state index contributed by atoms with van der Waals surface area (Å²) in [6.07, 6.45) is 8.60. The lowest BCUT2D eigenvalue weighted by molar-refractivity contribution is -0.121. The molecule has 2 aromatic rings. The molecule has 1 aromatic carbocycles. The summed E-state index contributed by atoms with van der Waals surface area (Å²) < 4.78 is 5.48. The summed E-state index contributed by atoms with van der Waals surface area (Å²) in [5.74, 6) is 2.47. The number of ether oxygens (including phenoxy) is 1. The Morgan fingerprint density at radius 3 is 2.82 bits per heavy atom. The number of hydrogen-bond donors (Lipinski definition) is 2. The molecule has 2 aliphatic rings. The Labute approximate surface area is 210 Å². The van der Waals surface area contributed by atoms with E-state index < -0.39 is 0 Å². The minimum absolute atomic E-state index is 0. The molecule has 34 heavy (non-hydrogen) atoms. The van der Waals surface area contributed by atoms with Crippen LogP contribution in [0.15, 0.2) is 48.8 Å². The van der Waals surface area contributed by atoms with Crippen molar-refractivity contribution >= 4 is 18.3 Å². The van der Waals surface area contributed by atoms with Gasteiger partial charge in [-0.1, -0.05) is 18.2 Å². The monoisotopic (exact) mass is 486 g/mol. The smallest absolute Gasteiger partial charge is 0.220 e. The highest BCUT2D eigenvalue weighted by atomic mass is 35.5. The second-order valence-electron chi connectivity index (χ2n) is 9.50. The van der Waals surface area contributed by atoms with Crippen LogP contribution in [0.2, 0.25) is 0 Å². The molecule has 2 saturated heterocycles. The van der Waals surface area contributed by atoms with E-state index in [2.05, 4.69) is 38.7 Å². The van der Waals surface area contributed by atoms with Crippen LogP contribution in [0.1, 0.15) is 43.7 Å². The normalized spacial score (nSPS) is 22.0. The van der Waals surface area contributed by atoms with Crippen molar-refractivity contribution in [2.45, 2.75) is 51.6 Å². The van der Waals surface area contributed by atoms with E-state index >= 15 is 0 Å². The van der Waals surface area contributed by atoms with Crippen LogP contribution in [-0.4, -0.2) is 54.6 Å². The number of carbonyl (C=O) groups excluding carboxylic acids is 1. The van der Waals surface area contributed by atoms with Gasteiger partial charge in [-0.2, -0.15) is 0 Å². The number of nitrogens with zero attached hydrogens (tertiary/aromatic N) is 2. The van der Waals surface area contributed by atoms with Crippen molar-refractivity contribution in [3.63, 3.8) is 0 Å². The van der Waals surface area contributed by atoms with Gasteiger partial charge in [-0.05, 0) is 80.3 Å². The van der Waals surface area contributed by atoms with Crippen molar-refractivity contribution in [2.24, 2.45) is 11.8 Å². The number of nitrogens with one attached hydrogen (secondary N) is 2. The molecule has 2 fully saturated rings. The second kappa shape index (κ2) is 13.7. The molecule has 3 atom stereocenters. The molecule has 0 unspecified atom stereocenters. The lowest BCUT2D eigenvalue weighted by Crippen LogP contribution is -2.55. The van der Waals surface area contributed by atoms with Gasteiger partial charge in [0.1, 0.15) is 5.75 Å². The summed E-state index contributed by atoms with van der Waals surface area (Å²) in [5.41, 5.74) is 2.51. The first kappa shape index (κ1) is 26.5. The maximum atomic E-state index is 12.3. The summed E-state index contributed by atoms with van der Waals surface area (Å²) >= 11 is 0. The number of rotatable bonds is 11. The van der Waals surface area contributed by atoms with Crippen LogP contribution in [0.3, 0.4) is 0 Å². The Balaban J connectivity index is 0.00000324. The summed E-state index contributed by atoms with van der Waals surface area (Å²) in [6.45, 7) is 7.74. The van der Waals surface area contributed by atoms with Gasteiger partial charge < -0.3 is 15.4 Å². The van der Waals surface area contributed by atoms with E-state index in [1.54, 1.807) is 0 Å². The fourth-order valence-electron chi connectivity index (χ4n) is 5.33. The first-order valence-electron chi connectivity index (χ1n) is 12.5.